The highest BCUT2D eigenvalue weighted by Crippen LogP contribution is 2.34. The Bertz CT molecular complexity index is 334. The fourth-order valence-electron chi connectivity index (χ4n) is 2.15. The average molecular weight is 269 g/mol. The molecule has 1 aromatic rings. The highest BCUT2D eigenvalue weighted by atomic mass is 79.9. The van der Waals surface area contributed by atoms with Crippen molar-refractivity contribution in [3.63, 3.8) is 0 Å². The van der Waals surface area contributed by atoms with Gasteiger partial charge in [-0.1, -0.05) is 22.0 Å². The first kappa shape index (κ1) is 10.9. The third-order valence-electron chi connectivity index (χ3n) is 3.05. The summed E-state index contributed by atoms with van der Waals surface area (Å²) in [6.45, 7) is 3.24. The molecule has 0 spiro atoms. The van der Waals surface area contributed by atoms with Crippen molar-refractivity contribution in [3.05, 3.63) is 23.9 Å². The van der Waals surface area contributed by atoms with Crippen molar-refractivity contribution in [1.29, 1.82) is 0 Å². The minimum absolute atomic E-state index is 0.751. The van der Waals surface area contributed by atoms with E-state index in [0.717, 1.165) is 23.1 Å². The Morgan fingerprint density at radius 2 is 2.27 bits per heavy atom. The lowest BCUT2D eigenvalue weighted by Gasteiger charge is -2.35. The zero-order chi connectivity index (χ0) is 10.8. The third-order valence-corrected chi connectivity index (χ3v) is 3.80. The molecule has 0 aliphatic heterocycles. The Balaban J connectivity index is 1.96. The number of nitrogens with zero attached hydrogens (tertiary/aromatic N) is 2. The summed E-state index contributed by atoms with van der Waals surface area (Å²) in [5.74, 6) is 1.95. The molecule has 2 rings (SSSR count). The van der Waals surface area contributed by atoms with Crippen LogP contribution < -0.4 is 4.90 Å². The predicted molar refractivity (Wildman–Crippen MR) is 67.7 cm³/mol. The molecule has 0 radical (unpaired) electrons. The van der Waals surface area contributed by atoms with Gasteiger partial charge in [-0.2, -0.15) is 0 Å². The lowest BCUT2D eigenvalue weighted by molar-refractivity contribution is 0.338. The SMILES string of the molecule is Cc1cccnc1N(C)CC1CC(Br)C1. The van der Waals surface area contributed by atoms with Crippen LogP contribution in [-0.2, 0) is 0 Å². The van der Waals surface area contributed by atoms with Crippen LogP contribution in [0.4, 0.5) is 5.82 Å². The van der Waals surface area contributed by atoms with E-state index in [1.807, 2.05) is 12.3 Å². The van der Waals surface area contributed by atoms with E-state index in [9.17, 15) is 0 Å². The van der Waals surface area contributed by atoms with E-state index in [2.05, 4.69) is 45.9 Å². The topological polar surface area (TPSA) is 16.1 Å². The van der Waals surface area contributed by atoms with Crippen molar-refractivity contribution in [2.75, 3.05) is 18.5 Å². The van der Waals surface area contributed by atoms with Crippen LogP contribution in [-0.4, -0.2) is 23.4 Å². The van der Waals surface area contributed by atoms with Crippen molar-refractivity contribution < 1.29 is 0 Å². The number of halogens is 1. The monoisotopic (exact) mass is 268 g/mol. The molecule has 0 aromatic carbocycles. The molecule has 0 N–H and O–H groups in total. The molecule has 3 heteroatoms. The van der Waals surface area contributed by atoms with Gasteiger partial charge in [-0.15, -0.1) is 0 Å². The molecule has 1 fully saturated rings. The van der Waals surface area contributed by atoms with Gasteiger partial charge < -0.3 is 4.90 Å². The molecule has 1 aliphatic carbocycles. The van der Waals surface area contributed by atoms with Crippen molar-refractivity contribution in [2.45, 2.75) is 24.6 Å². The molecular weight excluding hydrogens is 252 g/mol. The molecule has 2 nitrogen and oxygen atoms in total. The van der Waals surface area contributed by atoms with Gasteiger partial charge in [-0.25, -0.2) is 4.98 Å². The van der Waals surface area contributed by atoms with Crippen molar-refractivity contribution in [3.8, 4) is 0 Å². The number of aromatic nitrogens is 1. The van der Waals surface area contributed by atoms with Gasteiger partial charge in [-0.3, -0.25) is 0 Å². The van der Waals surface area contributed by atoms with Crippen LogP contribution in [0.3, 0.4) is 0 Å². The summed E-state index contributed by atoms with van der Waals surface area (Å²) in [7, 11) is 2.14. The number of rotatable bonds is 3. The molecule has 82 valence electrons. The van der Waals surface area contributed by atoms with E-state index in [-0.39, 0.29) is 0 Å². The second-order valence-corrected chi connectivity index (χ2v) is 5.75. The molecule has 1 aromatic heterocycles. The Labute approximate surface area is 99.8 Å². The summed E-state index contributed by atoms with van der Waals surface area (Å²) < 4.78 is 0. The van der Waals surface area contributed by atoms with Gasteiger partial charge in [0.15, 0.2) is 0 Å². The number of pyridine rings is 1. The molecule has 1 aliphatic rings. The second kappa shape index (κ2) is 4.52. The summed E-state index contributed by atoms with van der Waals surface area (Å²) in [5, 5.41) is 0. The first-order valence-corrected chi connectivity index (χ1v) is 6.35. The largest absolute Gasteiger partial charge is 0.359 e. The lowest BCUT2D eigenvalue weighted by atomic mass is 9.85. The number of hydrogen-bond acceptors (Lipinski definition) is 2. The smallest absolute Gasteiger partial charge is 0.131 e. The van der Waals surface area contributed by atoms with Crippen LogP contribution in [0.25, 0.3) is 0 Å². The minimum atomic E-state index is 0.751. The zero-order valence-corrected chi connectivity index (χ0v) is 10.9. The summed E-state index contributed by atoms with van der Waals surface area (Å²) >= 11 is 3.63. The number of aryl methyl sites for hydroxylation is 1. The quantitative estimate of drug-likeness (QED) is 0.784. The summed E-state index contributed by atoms with van der Waals surface area (Å²) in [5.41, 5.74) is 1.26. The van der Waals surface area contributed by atoms with Gasteiger partial charge in [0, 0.05) is 24.6 Å². The van der Waals surface area contributed by atoms with Gasteiger partial charge in [-0.05, 0) is 37.3 Å². The molecule has 1 saturated carbocycles. The van der Waals surface area contributed by atoms with Crippen LogP contribution in [0.15, 0.2) is 18.3 Å². The summed E-state index contributed by atoms with van der Waals surface area (Å²) in [6, 6.07) is 4.11. The van der Waals surface area contributed by atoms with E-state index < -0.39 is 0 Å². The molecule has 0 amide bonds. The fraction of sp³-hybridized carbons (Fsp3) is 0.583. The first-order valence-electron chi connectivity index (χ1n) is 5.43. The van der Waals surface area contributed by atoms with E-state index >= 15 is 0 Å². The van der Waals surface area contributed by atoms with Crippen LogP contribution in [0, 0.1) is 12.8 Å². The Morgan fingerprint density at radius 1 is 1.53 bits per heavy atom. The van der Waals surface area contributed by atoms with Crippen molar-refractivity contribution >= 4 is 21.7 Å². The van der Waals surface area contributed by atoms with E-state index in [4.69, 9.17) is 0 Å². The maximum atomic E-state index is 4.42. The van der Waals surface area contributed by atoms with E-state index in [0.29, 0.717) is 0 Å². The van der Waals surface area contributed by atoms with Crippen molar-refractivity contribution in [2.24, 2.45) is 5.92 Å². The second-order valence-electron chi connectivity index (χ2n) is 4.46. The van der Waals surface area contributed by atoms with Crippen LogP contribution in [0.5, 0.6) is 0 Å². The Kier molecular flexibility index (Phi) is 3.29. The van der Waals surface area contributed by atoms with Crippen LogP contribution in [0.2, 0.25) is 0 Å². The summed E-state index contributed by atoms with van der Waals surface area (Å²) in [6.07, 6.45) is 4.47. The average Bonchev–Trinajstić information content (AvgIpc) is 2.16. The molecule has 0 saturated heterocycles. The van der Waals surface area contributed by atoms with E-state index in [1.165, 1.54) is 18.4 Å². The van der Waals surface area contributed by atoms with Crippen molar-refractivity contribution in [1.82, 2.24) is 4.98 Å². The van der Waals surface area contributed by atoms with Gasteiger partial charge in [0.05, 0.1) is 0 Å². The Morgan fingerprint density at radius 3 is 2.87 bits per heavy atom. The third kappa shape index (κ3) is 2.51. The maximum absolute atomic E-state index is 4.42. The van der Waals surface area contributed by atoms with Gasteiger partial charge >= 0.3 is 0 Å². The number of hydrogen-bond donors (Lipinski definition) is 0. The van der Waals surface area contributed by atoms with Gasteiger partial charge in [0.25, 0.3) is 0 Å². The first-order chi connectivity index (χ1) is 7.16. The summed E-state index contributed by atoms with van der Waals surface area (Å²) in [4.78, 5) is 7.45. The minimum Gasteiger partial charge on any atom is -0.359 e. The molecule has 0 atom stereocenters. The van der Waals surface area contributed by atoms with Crippen LogP contribution in [0.1, 0.15) is 18.4 Å². The molecular formula is C12H17BrN2. The highest BCUT2D eigenvalue weighted by molar-refractivity contribution is 9.09. The van der Waals surface area contributed by atoms with Crippen LogP contribution >= 0.6 is 15.9 Å². The lowest BCUT2D eigenvalue weighted by Crippen LogP contribution is -2.35. The normalized spacial score (nSPS) is 24.7. The number of anilines is 1. The standard InChI is InChI=1S/C12H17BrN2/c1-9-4-3-5-14-12(9)15(2)8-10-6-11(13)7-10/h3-5,10-11H,6-8H2,1-2H3. The predicted octanol–water partition coefficient (Wildman–Crippen LogP) is 3.00. The van der Waals surface area contributed by atoms with Gasteiger partial charge in [0.2, 0.25) is 0 Å². The maximum Gasteiger partial charge on any atom is 0.131 e. The fourth-order valence-corrected chi connectivity index (χ4v) is 3.21. The van der Waals surface area contributed by atoms with Gasteiger partial charge in [0.1, 0.15) is 5.82 Å². The molecule has 15 heavy (non-hydrogen) atoms. The molecule has 0 unspecified atom stereocenters. The number of alkyl halides is 1. The van der Waals surface area contributed by atoms with E-state index in [1.54, 1.807) is 0 Å². The molecule has 0 bridgehead atoms. The Hall–Kier alpha value is -0.570. The highest BCUT2D eigenvalue weighted by Gasteiger charge is 2.28. The zero-order valence-electron chi connectivity index (χ0n) is 9.28. The molecule has 1 heterocycles.